The van der Waals surface area contributed by atoms with Crippen molar-refractivity contribution in [2.75, 3.05) is 0 Å². The second-order valence-electron chi connectivity index (χ2n) is 2.94. The Bertz CT molecular complexity index is 59.9. The van der Waals surface area contributed by atoms with Crippen LogP contribution in [0.25, 0.3) is 0 Å². The SMILES string of the molecule is Br.[CH3][Mg][CH2]C1CCCC1. The second kappa shape index (κ2) is 5.99. The molecule has 0 aliphatic heterocycles. The molecule has 0 radical (unpaired) electrons. The highest BCUT2D eigenvalue weighted by atomic mass is 79.9. The van der Waals surface area contributed by atoms with E-state index in [2.05, 4.69) is 5.05 Å². The molecule has 0 unspecified atom stereocenters. The molecular formula is C7H15BrMg. The van der Waals surface area contributed by atoms with Crippen molar-refractivity contribution in [1.82, 2.24) is 0 Å². The van der Waals surface area contributed by atoms with Crippen molar-refractivity contribution in [3.05, 3.63) is 0 Å². The Morgan fingerprint density at radius 3 is 2.33 bits per heavy atom. The summed E-state index contributed by atoms with van der Waals surface area (Å²) in [6, 6.07) is 0. The molecule has 2 heteroatoms. The smallest absolute Gasteiger partial charge is 0.157 e. The van der Waals surface area contributed by atoms with Crippen molar-refractivity contribution in [1.29, 1.82) is 0 Å². The van der Waals surface area contributed by atoms with Crippen molar-refractivity contribution in [3.63, 3.8) is 0 Å². The van der Waals surface area contributed by atoms with Gasteiger partial charge in [-0.05, 0) is 0 Å². The monoisotopic (exact) mass is 202 g/mol. The number of halogens is 1. The van der Waals surface area contributed by atoms with Gasteiger partial charge in [0.05, 0.1) is 0 Å². The first-order valence-electron chi connectivity index (χ1n) is 3.93. The molecule has 52 valence electrons. The maximum Gasteiger partial charge on any atom is 0.360 e. The fourth-order valence-electron chi connectivity index (χ4n) is 1.71. The molecule has 0 atom stereocenters. The van der Waals surface area contributed by atoms with E-state index in [-0.39, 0.29) is 17.0 Å². The third-order valence-electron chi connectivity index (χ3n) is 2.17. The highest BCUT2D eigenvalue weighted by Gasteiger charge is 2.12. The molecule has 0 aromatic carbocycles. The van der Waals surface area contributed by atoms with E-state index in [4.69, 9.17) is 0 Å². The maximum atomic E-state index is 2.43. The normalized spacial score (nSPS) is 18.8. The quantitative estimate of drug-likeness (QED) is 0.605. The van der Waals surface area contributed by atoms with E-state index < -0.39 is 0 Å². The van der Waals surface area contributed by atoms with Crippen LogP contribution in [0.1, 0.15) is 25.7 Å². The third kappa shape index (κ3) is 3.84. The molecule has 1 rings (SSSR count). The van der Waals surface area contributed by atoms with Gasteiger partial charge in [0.2, 0.25) is 0 Å². The van der Waals surface area contributed by atoms with Gasteiger partial charge in [0.15, 0.2) is 0 Å². The summed E-state index contributed by atoms with van der Waals surface area (Å²) in [5.74, 6) is 1.17. The van der Waals surface area contributed by atoms with E-state index in [9.17, 15) is 0 Å². The zero-order valence-corrected chi connectivity index (χ0v) is 9.36. The molecule has 0 saturated heterocycles. The van der Waals surface area contributed by atoms with Crippen LogP contribution in [-0.4, -0.2) is 20.4 Å². The minimum atomic E-state index is 0. The summed E-state index contributed by atoms with van der Waals surface area (Å²) in [4.78, 5) is 0. The summed E-state index contributed by atoms with van der Waals surface area (Å²) in [5, 5.41) is 2.43. The standard InChI is InChI=1S/C6H11.CH3.BrH.Mg/c1-6-4-2-3-5-6;;;/h6H,1-5H2;1H3;1H;. The van der Waals surface area contributed by atoms with E-state index in [0.717, 1.165) is 0 Å². The zero-order valence-electron chi connectivity index (χ0n) is 6.23. The van der Waals surface area contributed by atoms with Gasteiger partial charge in [0, 0.05) is 0 Å². The van der Waals surface area contributed by atoms with E-state index in [1.165, 1.54) is 18.8 Å². The van der Waals surface area contributed by atoms with Gasteiger partial charge in [-0.25, -0.2) is 0 Å². The van der Waals surface area contributed by atoms with Crippen LogP contribution >= 0.6 is 17.0 Å². The molecule has 1 saturated carbocycles. The highest BCUT2D eigenvalue weighted by molar-refractivity contribution is 8.93. The molecule has 0 amide bonds. The fourth-order valence-corrected chi connectivity index (χ4v) is 3.10. The lowest BCUT2D eigenvalue weighted by molar-refractivity contribution is 0.609. The topological polar surface area (TPSA) is 0 Å². The third-order valence-corrected chi connectivity index (χ3v) is 3.57. The number of hydrogen-bond acceptors (Lipinski definition) is 0. The molecule has 1 aliphatic carbocycles. The van der Waals surface area contributed by atoms with E-state index in [1.807, 2.05) is 0 Å². The van der Waals surface area contributed by atoms with Crippen LogP contribution in [0.4, 0.5) is 0 Å². The van der Waals surface area contributed by atoms with Crippen molar-refractivity contribution < 1.29 is 0 Å². The Morgan fingerprint density at radius 2 is 1.89 bits per heavy atom. The predicted molar refractivity (Wildman–Crippen MR) is 48.7 cm³/mol. The van der Waals surface area contributed by atoms with Crippen molar-refractivity contribution in [3.8, 4) is 0 Å². The van der Waals surface area contributed by atoms with E-state index in [0.29, 0.717) is 20.4 Å². The Hall–Kier alpha value is 1.25. The van der Waals surface area contributed by atoms with Crippen LogP contribution < -0.4 is 0 Å². The Kier molecular flexibility index (Phi) is 6.82. The average molecular weight is 203 g/mol. The van der Waals surface area contributed by atoms with Gasteiger partial charge < -0.3 is 0 Å². The van der Waals surface area contributed by atoms with Gasteiger partial charge in [-0.1, -0.05) is 31.6 Å². The van der Waals surface area contributed by atoms with Crippen LogP contribution in [0.5, 0.6) is 0 Å². The lowest BCUT2D eigenvalue weighted by Crippen LogP contribution is -1.94. The van der Waals surface area contributed by atoms with Crippen molar-refractivity contribution in [2.24, 2.45) is 5.92 Å². The van der Waals surface area contributed by atoms with Crippen LogP contribution in [-0.2, 0) is 0 Å². The van der Waals surface area contributed by atoms with Gasteiger partial charge in [0.25, 0.3) is 0 Å². The zero-order chi connectivity index (χ0) is 5.82. The van der Waals surface area contributed by atoms with Gasteiger partial charge in [-0.3, -0.25) is 0 Å². The Morgan fingerprint density at radius 1 is 1.33 bits per heavy atom. The van der Waals surface area contributed by atoms with Gasteiger partial charge in [0.1, 0.15) is 0 Å². The molecule has 0 spiro atoms. The molecule has 0 aromatic rings. The lowest BCUT2D eigenvalue weighted by Gasteiger charge is -2.03. The first-order chi connectivity index (χ1) is 3.93. The average Bonchev–Trinajstić information content (AvgIpc) is 2.19. The molecule has 0 heterocycles. The van der Waals surface area contributed by atoms with E-state index >= 15 is 0 Å². The molecule has 1 aliphatic rings. The van der Waals surface area contributed by atoms with Crippen LogP contribution in [0.2, 0.25) is 9.60 Å². The first-order valence-corrected chi connectivity index (χ1v) is 6.35. The maximum absolute atomic E-state index is 2.43. The minimum absolute atomic E-state index is 0. The summed E-state index contributed by atoms with van der Waals surface area (Å²) in [7, 11) is 0. The van der Waals surface area contributed by atoms with Crippen LogP contribution in [0.15, 0.2) is 0 Å². The molecule has 0 nitrogen and oxygen atoms in total. The predicted octanol–water partition coefficient (Wildman–Crippen LogP) is 2.93. The number of hydrogen-bond donors (Lipinski definition) is 0. The van der Waals surface area contributed by atoms with Gasteiger partial charge in [-0.15, -0.1) is 21.5 Å². The van der Waals surface area contributed by atoms with Gasteiger partial charge in [-0.2, -0.15) is 5.05 Å². The number of rotatable bonds is 2. The largest absolute Gasteiger partial charge is 0.360 e. The Labute approximate surface area is 78.3 Å². The van der Waals surface area contributed by atoms with E-state index in [1.54, 1.807) is 17.4 Å². The Balaban J connectivity index is 0.000000640. The minimum Gasteiger partial charge on any atom is -0.157 e. The summed E-state index contributed by atoms with van der Waals surface area (Å²) in [6.45, 7) is 0. The molecule has 0 N–H and O–H groups in total. The lowest BCUT2D eigenvalue weighted by atomic mass is 10.1. The summed E-state index contributed by atoms with van der Waals surface area (Å²) in [6.07, 6.45) is 6.17. The molecule has 1 fully saturated rings. The first kappa shape index (κ1) is 10.2. The van der Waals surface area contributed by atoms with Crippen LogP contribution in [0.3, 0.4) is 0 Å². The second-order valence-corrected chi connectivity index (χ2v) is 4.52. The van der Waals surface area contributed by atoms with Gasteiger partial charge >= 0.3 is 20.4 Å². The molecule has 0 aromatic heterocycles. The van der Waals surface area contributed by atoms with Crippen molar-refractivity contribution >= 4 is 37.3 Å². The summed E-state index contributed by atoms with van der Waals surface area (Å²) < 4.78 is 1.62. The van der Waals surface area contributed by atoms with Crippen LogP contribution in [0, 0.1) is 5.92 Å². The molecule has 9 heavy (non-hydrogen) atoms. The van der Waals surface area contributed by atoms with Crippen molar-refractivity contribution in [2.45, 2.75) is 35.3 Å². The molecule has 0 bridgehead atoms. The summed E-state index contributed by atoms with van der Waals surface area (Å²) in [5.41, 5.74) is 0. The summed E-state index contributed by atoms with van der Waals surface area (Å²) >= 11 is 0.385. The molecular weight excluding hydrogens is 188 g/mol. The highest BCUT2D eigenvalue weighted by Crippen LogP contribution is 2.27. The fraction of sp³-hybridized carbons (Fsp3) is 1.00.